The van der Waals surface area contributed by atoms with Gasteiger partial charge in [0.05, 0.1) is 11.5 Å². The average Bonchev–Trinajstić information content (AvgIpc) is 2.92. The van der Waals surface area contributed by atoms with Crippen LogP contribution in [0.15, 0.2) is 12.1 Å². The van der Waals surface area contributed by atoms with Gasteiger partial charge in [0.1, 0.15) is 0 Å². The van der Waals surface area contributed by atoms with Gasteiger partial charge in [-0.05, 0) is 19.4 Å². The number of carboxylic acid groups (broad SMARTS) is 1. The Labute approximate surface area is 114 Å². The van der Waals surface area contributed by atoms with Crippen LogP contribution in [-0.4, -0.2) is 40.2 Å². The molecule has 1 aliphatic heterocycles. The predicted octanol–water partition coefficient (Wildman–Crippen LogP) is 1.52. The number of pyridine rings is 1. The maximum Gasteiger partial charge on any atom is 0.354 e. The monoisotopic (exact) mass is 281 g/mol. The van der Waals surface area contributed by atoms with E-state index in [0.29, 0.717) is 13.2 Å². The molecular formula is C12H15N3O5. The van der Waals surface area contributed by atoms with Crippen molar-refractivity contribution in [1.29, 1.82) is 0 Å². The van der Waals surface area contributed by atoms with Crippen molar-refractivity contribution in [3.8, 4) is 0 Å². The SMILES string of the molecule is CC(Nc1nc(C(=O)O)ccc1[N+](=O)[O-])C1CCOC1. The lowest BCUT2D eigenvalue weighted by atomic mass is 10.0. The minimum Gasteiger partial charge on any atom is -0.477 e. The summed E-state index contributed by atoms with van der Waals surface area (Å²) in [5, 5.41) is 22.8. The molecule has 1 aromatic heterocycles. The molecule has 0 saturated carbocycles. The number of nitrogens with one attached hydrogen (secondary N) is 1. The van der Waals surface area contributed by atoms with Gasteiger partial charge < -0.3 is 15.2 Å². The van der Waals surface area contributed by atoms with Gasteiger partial charge in [0.15, 0.2) is 5.69 Å². The fourth-order valence-corrected chi connectivity index (χ4v) is 2.11. The first-order valence-electron chi connectivity index (χ1n) is 6.22. The molecule has 0 aromatic carbocycles. The quantitative estimate of drug-likeness (QED) is 0.621. The van der Waals surface area contributed by atoms with E-state index < -0.39 is 10.9 Å². The number of ether oxygens (including phenoxy) is 1. The maximum atomic E-state index is 11.0. The lowest BCUT2D eigenvalue weighted by molar-refractivity contribution is -0.384. The average molecular weight is 281 g/mol. The summed E-state index contributed by atoms with van der Waals surface area (Å²) in [6.07, 6.45) is 0.862. The first kappa shape index (κ1) is 14.2. The number of aromatic carboxylic acids is 1. The lowest BCUT2D eigenvalue weighted by Crippen LogP contribution is -2.27. The van der Waals surface area contributed by atoms with E-state index in [1.54, 1.807) is 0 Å². The van der Waals surface area contributed by atoms with Crippen molar-refractivity contribution >= 4 is 17.5 Å². The van der Waals surface area contributed by atoms with Crippen LogP contribution in [0.1, 0.15) is 23.8 Å². The molecule has 20 heavy (non-hydrogen) atoms. The Morgan fingerprint density at radius 2 is 2.40 bits per heavy atom. The number of hydrogen-bond acceptors (Lipinski definition) is 6. The second kappa shape index (κ2) is 5.83. The summed E-state index contributed by atoms with van der Waals surface area (Å²) < 4.78 is 5.27. The van der Waals surface area contributed by atoms with Crippen LogP contribution in [0.5, 0.6) is 0 Å². The number of carboxylic acids is 1. The van der Waals surface area contributed by atoms with Gasteiger partial charge in [0.25, 0.3) is 0 Å². The van der Waals surface area contributed by atoms with Crippen LogP contribution in [0.3, 0.4) is 0 Å². The lowest BCUT2D eigenvalue weighted by Gasteiger charge is -2.19. The number of rotatable bonds is 5. The standard InChI is InChI=1S/C12H15N3O5/c1-7(8-4-5-20-6-8)13-11-10(15(18)19)3-2-9(14-11)12(16)17/h2-3,7-8H,4-6H2,1H3,(H,13,14)(H,16,17). The van der Waals surface area contributed by atoms with E-state index in [1.807, 2.05) is 6.92 Å². The molecule has 1 saturated heterocycles. The minimum absolute atomic E-state index is 0.0192. The summed E-state index contributed by atoms with van der Waals surface area (Å²) in [5.74, 6) is -1.01. The number of nitrogens with zero attached hydrogens (tertiary/aromatic N) is 2. The molecule has 2 heterocycles. The number of hydrogen-bond donors (Lipinski definition) is 2. The molecule has 0 aliphatic carbocycles. The Kier molecular flexibility index (Phi) is 4.14. The molecule has 8 heteroatoms. The van der Waals surface area contributed by atoms with Crippen molar-refractivity contribution in [1.82, 2.24) is 4.98 Å². The smallest absolute Gasteiger partial charge is 0.354 e. The van der Waals surface area contributed by atoms with Crippen molar-refractivity contribution in [2.24, 2.45) is 5.92 Å². The third-order valence-electron chi connectivity index (χ3n) is 3.33. The van der Waals surface area contributed by atoms with Gasteiger partial charge in [0, 0.05) is 24.6 Å². The van der Waals surface area contributed by atoms with Gasteiger partial charge in [-0.2, -0.15) is 0 Å². The van der Waals surface area contributed by atoms with Crippen molar-refractivity contribution < 1.29 is 19.6 Å². The third-order valence-corrected chi connectivity index (χ3v) is 3.33. The normalized spacial score (nSPS) is 19.6. The van der Waals surface area contributed by atoms with E-state index in [0.717, 1.165) is 18.6 Å². The zero-order valence-electron chi connectivity index (χ0n) is 10.9. The Bertz CT molecular complexity index is 528. The molecule has 2 rings (SSSR count). The molecule has 2 atom stereocenters. The van der Waals surface area contributed by atoms with E-state index >= 15 is 0 Å². The van der Waals surface area contributed by atoms with Crippen LogP contribution in [0, 0.1) is 16.0 Å². The van der Waals surface area contributed by atoms with Crippen LogP contribution >= 0.6 is 0 Å². The molecule has 0 amide bonds. The van der Waals surface area contributed by atoms with E-state index in [1.165, 1.54) is 0 Å². The highest BCUT2D eigenvalue weighted by Crippen LogP contribution is 2.26. The fourth-order valence-electron chi connectivity index (χ4n) is 2.11. The van der Waals surface area contributed by atoms with Gasteiger partial charge >= 0.3 is 11.7 Å². The Morgan fingerprint density at radius 3 is 2.95 bits per heavy atom. The summed E-state index contributed by atoms with van der Waals surface area (Å²) in [5.41, 5.74) is -0.464. The van der Waals surface area contributed by atoms with E-state index in [9.17, 15) is 14.9 Å². The molecule has 8 nitrogen and oxygen atoms in total. The number of aromatic nitrogens is 1. The summed E-state index contributed by atoms with van der Waals surface area (Å²) in [7, 11) is 0. The highest BCUT2D eigenvalue weighted by Gasteiger charge is 2.26. The van der Waals surface area contributed by atoms with E-state index in [4.69, 9.17) is 9.84 Å². The minimum atomic E-state index is -1.22. The number of nitro groups is 1. The van der Waals surface area contributed by atoms with E-state index in [-0.39, 0.29) is 29.2 Å². The van der Waals surface area contributed by atoms with Gasteiger partial charge in [0.2, 0.25) is 5.82 Å². The maximum absolute atomic E-state index is 11.0. The molecule has 2 N–H and O–H groups in total. The summed E-state index contributed by atoms with van der Waals surface area (Å²) >= 11 is 0. The van der Waals surface area contributed by atoms with Crippen LogP contribution in [-0.2, 0) is 4.74 Å². The molecular weight excluding hydrogens is 266 g/mol. The highest BCUT2D eigenvalue weighted by molar-refractivity contribution is 5.86. The molecule has 0 bridgehead atoms. The summed E-state index contributed by atoms with van der Waals surface area (Å²) in [6.45, 7) is 3.13. The van der Waals surface area contributed by atoms with Crippen LogP contribution < -0.4 is 5.32 Å². The second-order valence-corrected chi connectivity index (χ2v) is 4.68. The van der Waals surface area contributed by atoms with Gasteiger partial charge in [-0.15, -0.1) is 0 Å². The Balaban J connectivity index is 2.24. The van der Waals surface area contributed by atoms with Crippen LogP contribution in [0.25, 0.3) is 0 Å². The first-order valence-corrected chi connectivity index (χ1v) is 6.22. The molecule has 0 radical (unpaired) electrons. The zero-order chi connectivity index (χ0) is 14.7. The highest BCUT2D eigenvalue weighted by atomic mass is 16.6. The van der Waals surface area contributed by atoms with Crippen LogP contribution in [0.2, 0.25) is 0 Å². The zero-order valence-corrected chi connectivity index (χ0v) is 10.9. The Morgan fingerprint density at radius 1 is 1.65 bits per heavy atom. The van der Waals surface area contributed by atoms with Crippen molar-refractivity contribution in [3.05, 3.63) is 27.9 Å². The van der Waals surface area contributed by atoms with Crippen molar-refractivity contribution in [2.75, 3.05) is 18.5 Å². The van der Waals surface area contributed by atoms with Crippen molar-refractivity contribution in [3.63, 3.8) is 0 Å². The number of carbonyl (C=O) groups is 1. The first-order chi connectivity index (χ1) is 9.49. The van der Waals surface area contributed by atoms with Gasteiger partial charge in [-0.3, -0.25) is 10.1 Å². The molecule has 2 unspecified atom stereocenters. The predicted molar refractivity (Wildman–Crippen MR) is 69.9 cm³/mol. The number of anilines is 1. The topological polar surface area (TPSA) is 115 Å². The molecule has 0 spiro atoms. The summed E-state index contributed by atoms with van der Waals surface area (Å²) in [6, 6.07) is 2.18. The molecule has 1 aromatic rings. The third kappa shape index (κ3) is 3.02. The largest absolute Gasteiger partial charge is 0.477 e. The van der Waals surface area contributed by atoms with Gasteiger partial charge in [-0.1, -0.05) is 0 Å². The fraction of sp³-hybridized carbons (Fsp3) is 0.500. The Hall–Kier alpha value is -2.22. The van der Waals surface area contributed by atoms with Crippen LogP contribution in [0.4, 0.5) is 11.5 Å². The summed E-state index contributed by atoms with van der Waals surface area (Å²) in [4.78, 5) is 25.1. The molecule has 108 valence electrons. The van der Waals surface area contributed by atoms with Gasteiger partial charge in [-0.25, -0.2) is 9.78 Å². The second-order valence-electron chi connectivity index (χ2n) is 4.68. The molecule has 1 fully saturated rings. The van der Waals surface area contributed by atoms with E-state index in [2.05, 4.69) is 10.3 Å². The molecule has 1 aliphatic rings. The van der Waals surface area contributed by atoms with Crippen molar-refractivity contribution in [2.45, 2.75) is 19.4 Å².